The lowest BCUT2D eigenvalue weighted by molar-refractivity contribution is -0.154. The van der Waals surface area contributed by atoms with Crippen molar-refractivity contribution in [2.45, 2.75) is 64.9 Å². The molecule has 0 radical (unpaired) electrons. The van der Waals surface area contributed by atoms with E-state index in [0.29, 0.717) is 12.3 Å². The lowest BCUT2D eigenvalue weighted by Crippen LogP contribution is -2.30. The SMILES string of the molecule is C[C@H]1C=C2C=C[C@H](C)[C@H](CC[C@@H]3CCCC(=O)O3)[C@H]2CC1. The van der Waals surface area contributed by atoms with Crippen LogP contribution in [0.5, 0.6) is 0 Å². The molecule has 1 saturated heterocycles. The Morgan fingerprint density at radius 2 is 2.05 bits per heavy atom. The quantitative estimate of drug-likeness (QED) is 0.706. The molecule has 0 bridgehead atoms. The van der Waals surface area contributed by atoms with Crippen molar-refractivity contribution in [2.24, 2.45) is 23.7 Å². The lowest BCUT2D eigenvalue weighted by Gasteiger charge is -2.39. The number of hydrogen-bond donors (Lipinski definition) is 0. The fourth-order valence-corrected chi connectivity index (χ4v) is 4.38. The number of ether oxygens (including phenoxy) is 1. The first-order chi connectivity index (χ1) is 10.1. The van der Waals surface area contributed by atoms with E-state index < -0.39 is 0 Å². The number of esters is 1. The molecule has 2 heteroatoms. The standard InChI is InChI=1S/C19H28O2/c1-13-6-10-18-15(12-13)8-7-14(2)17(18)11-9-16-4-3-5-19(20)21-16/h7-8,12-14,16-18H,3-6,9-11H2,1-2H3/t13-,14+,16+,17+,18+/m1/s1. The van der Waals surface area contributed by atoms with Gasteiger partial charge in [0.2, 0.25) is 0 Å². The van der Waals surface area contributed by atoms with Crippen molar-refractivity contribution in [2.75, 3.05) is 0 Å². The van der Waals surface area contributed by atoms with Gasteiger partial charge in [-0.1, -0.05) is 32.1 Å². The van der Waals surface area contributed by atoms with Gasteiger partial charge in [-0.15, -0.1) is 0 Å². The molecule has 116 valence electrons. The highest BCUT2D eigenvalue weighted by atomic mass is 16.5. The summed E-state index contributed by atoms with van der Waals surface area (Å²) in [5.74, 6) is 2.86. The Bertz CT molecular complexity index is 448. The molecule has 0 amide bonds. The average molecular weight is 288 g/mol. The lowest BCUT2D eigenvalue weighted by atomic mass is 9.66. The second-order valence-corrected chi connectivity index (χ2v) is 7.29. The zero-order chi connectivity index (χ0) is 14.8. The summed E-state index contributed by atoms with van der Waals surface area (Å²) in [7, 11) is 0. The first-order valence-corrected chi connectivity index (χ1v) is 8.73. The minimum absolute atomic E-state index is 0.00918. The smallest absolute Gasteiger partial charge is 0.306 e. The Hall–Kier alpha value is -1.05. The summed E-state index contributed by atoms with van der Waals surface area (Å²) in [6, 6.07) is 0. The van der Waals surface area contributed by atoms with E-state index in [1.54, 1.807) is 5.57 Å². The maximum absolute atomic E-state index is 11.4. The summed E-state index contributed by atoms with van der Waals surface area (Å²) >= 11 is 0. The van der Waals surface area contributed by atoms with Crippen molar-refractivity contribution in [3.8, 4) is 0 Å². The van der Waals surface area contributed by atoms with E-state index in [1.807, 2.05) is 0 Å². The fraction of sp³-hybridized carbons (Fsp3) is 0.737. The number of hydrogen-bond acceptors (Lipinski definition) is 2. The second kappa shape index (κ2) is 6.37. The Morgan fingerprint density at radius 3 is 2.86 bits per heavy atom. The van der Waals surface area contributed by atoms with Gasteiger partial charge in [0, 0.05) is 6.42 Å². The highest BCUT2D eigenvalue weighted by molar-refractivity contribution is 5.70. The third kappa shape index (κ3) is 3.41. The Morgan fingerprint density at radius 1 is 1.19 bits per heavy atom. The van der Waals surface area contributed by atoms with Crippen LogP contribution in [-0.2, 0) is 9.53 Å². The molecule has 3 aliphatic rings. The highest BCUT2D eigenvalue weighted by Crippen LogP contribution is 2.43. The van der Waals surface area contributed by atoms with Gasteiger partial charge in [0.15, 0.2) is 0 Å². The van der Waals surface area contributed by atoms with Crippen molar-refractivity contribution in [1.82, 2.24) is 0 Å². The van der Waals surface area contributed by atoms with Crippen LogP contribution >= 0.6 is 0 Å². The van der Waals surface area contributed by atoms with Gasteiger partial charge in [-0.25, -0.2) is 0 Å². The van der Waals surface area contributed by atoms with Crippen molar-refractivity contribution in [1.29, 1.82) is 0 Å². The van der Waals surface area contributed by atoms with Crippen LogP contribution in [0.3, 0.4) is 0 Å². The van der Waals surface area contributed by atoms with Gasteiger partial charge in [0.1, 0.15) is 6.10 Å². The largest absolute Gasteiger partial charge is 0.462 e. The van der Waals surface area contributed by atoms with E-state index >= 15 is 0 Å². The molecule has 0 aromatic carbocycles. The molecule has 2 aliphatic carbocycles. The van der Waals surface area contributed by atoms with Crippen molar-refractivity contribution < 1.29 is 9.53 Å². The van der Waals surface area contributed by atoms with Crippen LogP contribution in [0.4, 0.5) is 0 Å². The minimum atomic E-state index is 0.00918. The normalized spacial score (nSPS) is 39.4. The number of allylic oxidation sites excluding steroid dienone is 4. The predicted octanol–water partition coefficient (Wildman–Crippen LogP) is 4.66. The van der Waals surface area contributed by atoms with Gasteiger partial charge in [0.05, 0.1) is 0 Å². The third-order valence-corrected chi connectivity index (χ3v) is 5.65. The number of fused-ring (bicyclic) bond motifs is 1. The molecule has 1 fully saturated rings. The van der Waals surface area contributed by atoms with Crippen LogP contribution in [0.15, 0.2) is 23.8 Å². The summed E-state index contributed by atoms with van der Waals surface area (Å²) in [5.41, 5.74) is 1.57. The summed E-state index contributed by atoms with van der Waals surface area (Å²) in [6.45, 7) is 4.68. The maximum atomic E-state index is 11.4. The van der Waals surface area contributed by atoms with Crippen LogP contribution in [0.2, 0.25) is 0 Å². The van der Waals surface area contributed by atoms with Crippen LogP contribution < -0.4 is 0 Å². The first kappa shape index (κ1) is 14.9. The average Bonchev–Trinajstić information content (AvgIpc) is 2.46. The van der Waals surface area contributed by atoms with Crippen molar-refractivity contribution >= 4 is 5.97 Å². The number of rotatable bonds is 3. The molecule has 0 aromatic heterocycles. The zero-order valence-corrected chi connectivity index (χ0v) is 13.4. The number of carbonyl (C=O) groups is 1. The van der Waals surface area contributed by atoms with E-state index in [4.69, 9.17) is 4.74 Å². The molecular weight excluding hydrogens is 260 g/mol. The monoisotopic (exact) mass is 288 g/mol. The number of carbonyl (C=O) groups excluding carboxylic acids is 1. The van der Waals surface area contributed by atoms with E-state index in [2.05, 4.69) is 32.1 Å². The van der Waals surface area contributed by atoms with Gasteiger partial charge < -0.3 is 4.74 Å². The molecule has 0 unspecified atom stereocenters. The summed E-state index contributed by atoms with van der Waals surface area (Å²) in [4.78, 5) is 11.4. The molecule has 0 spiro atoms. The van der Waals surface area contributed by atoms with Crippen molar-refractivity contribution in [3.05, 3.63) is 23.8 Å². The van der Waals surface area contributed by atoms with E-state index in [-0.39, 0.29) is 12.1 Å². The minimum Gasteiger partial charge on any atom is -0.462 e. The molecule has 5 atom stereocenters. The molecule has 2 nitrogen and oxygen atoms in total. The van der Waals surface area contributed by atoms with Gasteiger partial charge in [0.25, 0.3) is 0 Å². The van der Waals surface area contributed by atoms with Crippen molar-refractivity contribution in [3.63, 3.8) is 0 Å². The zero-order valence-electron chi connectivity index (χ0n) is 13.4. The molecule has 0 aromatic rings. The number of cyclic esters (lactones) is 1. The van der Waals surface area contributed by atoms with Gasteiger partial charge in [-0.2, -0.15) is 0 Å². The van der Waals surface area contributed by atoms with Gasteiger partial charge in [-0.05, 0) is 67.8 Å². The molecular formula is C19H28O2. The Kier molecular flexibility index (Phi) is 4.51. The fourth-order valence-electron chi connectivity index (χ4n) is 4.38. The van der Waals surface area contributed by atoms with Gasteiger partial charge in [-0.3, -0.25) is 4.79 Å². The topological polar surface area (TPSA) is 26.3 Å². The second-order valence-electron chi connectivity index (χ2n) is 7.29. The maximum Gasteiger partial charge on any atom is 0.306 e. The summed E-state index contributed by atoms with van der Waals surface area (Å²) in [6.07, 6.45) is 15.0. The third-order valence-electron chi connectivity index (χ3n) is 5.65. The molecule has 1 aliphatic heterocycles. The molecule has 0 N–H and O–H groups in total. The molecule has 3 rings (SSSR count). The van der Waals surface area contributed by atoms with E-state index in [0.717, 1.165) is 37.0 Å². The van der Waals surface area contributed by atoms with Crippen LogP contribution in [-0.4, -0.2) is 12.1 Å². The van der Waals surface area contributed by atoms with E-state index in [1.165, 1.54) is 19.3 Å². The predicted molar refractivity (Wildman–Crippen MR) is 84.7 cm³/mol. The van der Waals surface area contributed by atoms with Crippen LogP contribution in [0.1, 0.15) is 58.8 Å². The molecule has 1 heterocycles. The Balaban J connectivity index is 1.62. The first-order valence-electron chi connectivity index (χ1n) is 8.73. The van der Waals surface area contributed by atoms with Crippen LogP contribution in [0.25, 0.3) is 0 Å². The van der Waals surface area contributed by atoms with Gasteiger partial charge >= 0.3 is 5.97 Å². The Labute approximate surface area is 128 Å². The summed E-state index contributed by atoms with van der Waals surface area (Å²) < 4.78 is 5.49. The highest BCUT2D eigenvalue weighted by Gasteiger charge is 2.33. The van der Waals surface area contributed by atoms with Crippen LogP contribution in [0, 0.1) is 23.7 Å². The summed E-state index contributed by atoms with van der Waals surface area (Å²) in [5, 5.41) is 0. The molecule has 0 saturated carbocycles. The molecule has 21 heavy (non-hydrogen) atoms. The van der Waals surface area contributed by atoms with E-state index in [9.17, 15) is 4.79 Å².